The molecular formula is C21H25F3N4O4. The fourth-order valence-corrected chi connectivity index (χ4v) is 4.42. The Hall–Kier alpha value is -2.95. The average molecular weight is 454 g/mol. The second-order valence-electron chi connectivity index (χ2n) is 8.66. The van der Waals surface area contributed by atoms with E-state index in [1.807, 2.05) is 0 Å². The van der Waals surface area contributed by atoms with Crippen molar-refractivity contribution < 1.29 is 32.7 Å². The molecule has 0 saturated heterocycles. The highest BCUT2D eigenvalue weighted by molar-refractivity contribution is 6.09. The van der Waals surface area contributed by atoms with Gasteiger partial charge in [-0.3, -0.25) is 19.8 Å². The fourth-order valence-electron chi connectivity index (χ4n) is 4.42. The van der Waals surface area contributed by atoms with Crippen molar-refractivity contribution in [3.8, 4) is 0 Å². The molecule has 3 amide bonds. The van der Waals surface area contributed by atoms with Gasteiger partial charge in [0.1, 0.15) is 11.4 Å². The number of carbonyl (C=O) groups excluding carboxylic acids is 3. The van der Waals surface area contributed by atoms with Gasteiger partial charge in [0.05, 0.1) is 0 Å². The van der Waals surface area contributed by atoms with Crippen LogP contribution >= 0.6 is 0 Å². The molecule has 0 radical (unpaired) electrons. The molecule has 0 spiro atoms. The van der Waals surface area contributed by atoms with Crippen LogP contribution in [0.1, 0.15) is 60.5 Å². The number of halogens is 3. The number of hydrogen-bond donors (Lipinski definition) is 4. The topological polar surface area (TPSA) is 137 Å². The van der Waals surface area contributed by atoms with Gasteiger partial charge in [-0.1, -0.05) is 25.0 Å². The van der Waals surface area contributed by atoms with Crippen LogP contribution in [0, 0.1) is 11.3 Å². The molecule has 32 heavy (non-hydrogen) atoms. The Balaban J connectivity index is 1.70. The second kappa shape index (κ2) is 8.53. The fraction of sp³-hybridized carbons (Fsp3) is 0.524. The van der Waals surface area contributed by atoms with E-state index in [1.54, 1.807) is 11.0 Å². The number of nitrogens with one attached hydrogen (secondary N) is 2. The highest BCUT2D eigenvalue weighted by atomic mass is 19.4. The van der Waals surface area contributed by atoms with E-state index in [0.717, 1.165) is 19.3 Å². The largest absolute Gasteiger partial charge is 0.471 e. The Morgan fingerprint density at radius 3 is 2.62 bits per heavy atom. The Morgan fingerprint density at radius 1 is 1.31 bits per heavy atom. The molecule has 1 aliphatic carbocycles. The van der Waals surface area contributed by atoms with Gasteiger partial charge in [0, 0.05) is 23.7 Å². The quantitative estimate of drug-likeness (QED) is 0.399. The minimum atomic E-state index is -5.12. The molecule has 1 aliphatic heterocycles. The van der Waals surface area contributed by atoms with Crippen molar-refractivity contribution in [1.82, 2.24) is 10.2 Å². The number of primary amides is 1. The Kier molecular flexibility index (Phi) is 6.32. The van der Waals surface area contributed by atoms with Crippen LogP contribution < -0.4 is 11.1 Å². The third-order valence-electron chi connectivity index (χ3n) is 6.14. The van der Waals surface area contributed by atoms with Crippen molar-refractivity contribution >= 4 is 23.6 Å². The van der Waals surface area contributed by atoms with Crippen molar-refractivity contribution in [2.75, 3.05) is 0 Å². The average Bonchev–Trinajstić information content (AvgIpc) is 3.03. The molecule has 0 aromatic heterocycles. The van der Waals surface area contributed by atoms with Crippen LogP contribution in [0.3, 0.4) is 0 Å². The number of amidine groups is 1. The summed E-state index contributed by atoms with van der Waals surface area (Å²) in [5.74, 6) is -4.08. The molecule has 1 heterocycles. The number of amides is 3. The van der Waals surface area contributed by atoms with Gasteiger partial charge in [-0.15, -0.1) is 0 Å². The summed E-state index contributed by atoms with van der Waals surface area (Å²) in [7, 11) is 0. The Morgan fingerprint density at radius 2 is 2.00 bits per heavy atom. The molecule has 174 valence electrons. The van der Waals surface area contributed by atoms with Crippen LogP contribution in [0.15, 0.2) is 18.2 Å². The van der Waals surface area contributed by atoms with Crippen LogP contribution in [-0.4, -0.2) is 51.4 Å². The zero-order chi connectivity index (χ0) is 23.8. The van der Waals surface area contributed by atoms with Crippen LogP contribution in [0.5, 0.6) is 0 Å². The van der Waals surface area contributed by atoms with Crippen LogP contribution in [0.2, 0.25) is 0 Å². The van der Waals surface area contributed by atoms with Gasteiger partial charge in [-0.25, -0.2) is 0 Å². The zero-order valence-corrected chi connectivity index (χ0v) is 17.5. The first-order chi connectivity index (χ1) is 14.8. The molecule has 0 bridgehead atoms. The number of nitrogens with two attached hydrogens (primary N) is 1. The van der Waals surface area contributed by atoms with E-state index in [4.69, 9.17) is 11.1 Å². The second-order valence-corrected chi connectivity index (χ2v) is 8.66. The Bertz CT molecular complexity index is 961. The number of rotatable bonds is 5. The Labute approximate surface area is 182 Å². The molecule has 5 N–H and O–H groups in total. The maximum atomic E-state index is 13.0. The maximum Gasteiger partial charge on any atom is 0.471 e. The highest BCUT2D eigenvalue weighted by Crippen LogP contribution is 2.36. The van der Waals surface area contributed by atoms with Crippen LogP contribution in [-0.2, 0) is 16.1 Å². The summed E-state index contributed by atoms with van der Waals surface area (Å²) in [6, 6.07) is 4.15. The van der Waals surface area contributed by atoms with Crippen molar-refractivity contribution in [1.29, 1.82) is 5.41 Å². The lowest BCUT2D eigenvalue weighted by atomic mass is 9.78. The molecule has 1 fully saturated rings. The monoisotopic (exact) mass is 454 g/mol. The summed E-state index contributed by atoms with van der Waals surface area (Å²) in [6.07, 6.45) is -1.97. The van der Waals surface area contributed by atoms with E-state index in [0.29, 0.717) is 18.5 Å². The summed E-state index contributed by atoms with van der Waals surface area (Å²) in [4.78, 5) is 37.2. The number of carbonyl (C=O) groups is 3. The number of fused-ring (bicyclic) bond motifs is 1. The summed E-state index contributed by atoms with van der Waals surface area (Å²) in [5, 5.41) is 19.4. The van der Waals surface area contributed by atoms with Gasteiger partial charge in [-0.2, -0.15) is 13.2 Å². The van der Waals surface area contributed by atoms with E-state index < -0.39 is 29.4 Å². The van der Waals surface area contributed by atoms with E-state index >= 15 is 0 Å². The standard InChI is InChI=1S/C21H25F3N4O4/c1-20(32,18(26)30)9-11-3-2-4-14(7-11)28-10-13-6-5-12(8-15(13)17(28)29)16(25)27-19(31)21(22,23)24/h5-6,8,11,14,32H,2-4,7,9-10H2,1H3,(H2,26,30)(H2,25,27,31)/t11?,14-,20?/m1/s1. The molecule has 2 unspecified atom stereocenters. The maximum absolute atomic E-state index is 13.0. The third-order valence-corrected chi connectivity index (χ3v) is 6.14. The molecular weight excluding hydrogens is 429 g/mol. The van der Waals surface area contributed by atoms with Crippen molar-refractivity contribution in [2.45, 2.75) is 63.4 Å². The predicted molar refractivity (Wildman–Crippen MR) is 108 cm³/mol. The molecule has 1 saturated carbocycles. The van der Waals surface area contributed by atoms with Crippen molar-refractivity contribution in [3.63, 3.8) is 0 Å². The summed E-state index contributed by atoms with van der Waals surface area (Å²) >= 11 is 0. The molecule has 1 aromatic rings. The third kappa shape index (κ3) is 4.93. The van der Waals surface area contributed by atoms with E-state index in [-0.39, 0.29) is 35.4 Å². The molecule has 3 rings (SSSR count). The minimum Gasteiger partial charge on any atom is -0.380 e. The SMILES string of the molecule is CC(O)(CC1CCC[C@@H](N2Cc3ccc(C(=N)NC(=O)C(F)(F)F)cc3C2=O)C1)C(N)=O. The van der Waals surface area contributed by atoms with Gasteiger partial charge < -0.3 is 21.1 Å². The number of benzene rings is 1. The van der Waals surface area contributed by atoms with Gasteiger partial charge in [0.15, 0.2) is 0 Å². The van der Waals surface area contributed by atoms with E-state index in [1.165, 1.54) is 24.4 Å². The van der Waals surface area contributed by atoms with Gasteiger partial charge in [0.2, 0.25) is 5.91 Å². The van der Waals surface area contributed by atoms with Crippen LogP contribution in [0.25, 0.3) is 0 Å². The summed E-state index contributed by atoms with van der Waals surface area (Å²) < 4.78 is 37.3. The lowest BCUT2D eigenvalue weighted by molar-refractivity contribution is -0.171. The van der Waals surface area contributed by atoms with Gasteiger partial charge in [-0.05, 0) is 43.7 Å². The lowest BCUT2D eigenvalue weighted by Gasteiger charge is -2.37. The first-order valence-corrected chi connectivity index (χ1v) is 10.2. The van der Waals surface area contributed by atoms with Crippen LogP contribution in [0.4, 0.5) is 13.2 Å². The smallest absolute Gasteiger partial charge is 0.380 e. The number of aliphatic hydroxyl groups is 1. The normalized spacial score (nSPS) is 22.8. The molecule has 1 aromatic carbocycles. The molecule has 11 heteroatoms. The van der Waals surface area contributed by atoms with Gasteiger partial charge in [0.25, 0.3) is 5.91 Å². The molecule has 2 aliphatic rings. The molecule has 8 nitrogen and oxygen atoms in total. The lowest BCUT2D eigenvalue weighted by Crippen LogP contribution is -2.45. The highest BCUT2D eigenvalue weighted by Gasteiger charge is 2.40. The number of hydrogen-bond acceptors (Lipinski definition) is 5. The number of alkyl halides is 3. The number of nitrogens with zero attached hydrogens (tertiary/aromatic N) is 1. The summed E-state index contributed by atoms with van der Waals surface area (Å²) in [5.41, 5.74) is 4.59. The van der Waals surface area contributed by atoms with E-state index in [9.17, 15) is 32.7 Å². The van der Waals surface area contributed by atoms with E-state index in [2.05, 4.69) is 0 Å². The van der Waals surface area contributed by atoms with Crippen molar-refractivity contribution in [3.05, 3.63) is 34.9 Å². The summed E-state index contributed by atoms with van der Waals surface area (Å²) in [6.45, 7) is 1.70. The first-order valence-electron chi connectivity index (χ1n) is 10.2. The predicted octanol–water partition coefficient (Wildman–Crippen LogP) is 1.83. The van der Waals surface area contributed by atoms with Gasteiger partial charge >= 0.3 is 12.1 Å². The minimum absolute atomic E-state index is 0.00410. The molecule has 3 atom stereocenters. The zero-order valence-electron chi connectivity index (χ0n) is 17.5. The first kappa shape index (κ1) is 23.7. The van der Waals surface area contributed by atoms with Crippen molar-refractivity contribution in [2.24, 2.45) is 11.7 Å².